The molecule has 0 amide bonds. The lowest BCUT2D eigenvalue weighted by molar-refractivity contribution is 0.138. The van der Waals surface area contributed by atoms with Crippen LogP contribution in [0.5, 0.6) is 0 Å². The Morgan fingerprint density at radius 2 is 1.88 bits per heavy atom. The van der Waals surface area contributed by atoms with Crippen molar-refractivity contribution >= 4 is 0 Å². The summed E-state index contributed by atoms with van der Waals surface area (Å²) in [4.78, 5) is 0. The minimum absolute atomic E-state index is 0.0278. The Labute approximate surface area is 50.7 Å². The summed E-state index contributed by atoms with van der Waals surface area (Å²) in [6, 6.07) is -0.0278. The Kier molecular flexibility index (Phi) is 3.83. The maximum Gasteiger partial charge on any atom is 0.0688 e. The van der Waals surface area contributed by atoms with Gasteiger partial charge in [-0.05, 0) is 12.8 Å². The van der Waals surface area contributed by atoms with E-state index in [1.165, 1.54) is 0 Å². The predicted octanol–water partition coefficient (Wildman–Crippen LogP) is 0.495. The van der Waals surface area contributed by atoms with E-state index in [4.69, 9.17) is 10.8 Å². The largest absolute Gasteiger partial charge is 0.392 e. The summed E-state index contributed by atoms with van der Waals surface area (Å²) < 4.78 is 0. The molecule has 2 nitrogen and oxygen atoms in total. The Morgan fingerprint density at radius 3 is 2.00 bits per heavy atom. The Bertz CT molecular complexity index is 48.5. The van der Waals surface area contributed by atoms with Gasteiger partial charge in [-0.1, -0.05) is 13.8 Å². The fourth-order valence-electron chi connectivity index (χ4n) is 0.575. The Hall–Kier alpha value is -0.0800. The molecule has 0 aliphatic heterocycles. The van der Waals surface area contributed by atoms with Crippen molar-refractivity contribution < 1.29 is 5.11 Å². The van der Waals surface area contributed by atoms with Gasteiger partial charge in [0.2, 0.25) is 0 Å². The molecule has 8 heavy (non-hydrogen) atoms. The quantitative estimate of drug-likeness (QED) is 0.565. The second kappa shape index (κ2) is 3.87. The molecule has 0 unspecified atom stereocenters. The molecular formula is C6H15NO. The van der Waals surface area contributed by atoms with Crippen LogP contribution in [0.25, 0.3) is 0 Å². The zero-order valence-electron chi connectivity index (χ0n) is 5.59. The van der Waals surface area contributed by atoms with E-state index in [9.17, 15) is 0 Å². The summed E-state index contributed by atoms with van der Waals surface area (Å²) in [7, 11) is 0. The lowest BCUT2D eigenvalue weighted by Crippen LogP contribution is -2.33. The Balaban J connectivity index is 3.29. The number of rotatable bonds is 3. The molecule has 0 aromatic carbocycles. The molecule has 50 valence electrons. The van der Waals surface area contributed by atoms with Gasteiger partial charge in [0, 0.05) is 6.04 Å². The first kappa shape index (κ1) is 7.92. The fourth-order valence-corrected chi connectivity index (χ4v) is 0.575. The maximum absolute atomic E-state index is 9.00. The van der Waals surface area contributed by atoms with E-state index in [1.807, 2.05) is 13.8 Å². The van der Waals surface area contributed by atoms with E-state index in [1.54, 1.807) is 0 Å². The van der Waals surface area contributed by atoms with Gasteiger partial charge >= 0.3 is 0 Å². The molecule has 0 aromatic heterocycles. The molecule has 0 saturated heterocycles. The van der Waals surface area contributed by atoms with Crippen molar-refractivity contribution in [3.05, 3.63) is 0 Å². The Morgan fingerprint density at radius 1 is 1.38 bits per heavy atom. The van der Waals surface area contributed by atoms with Crippen LogP contribution in [0.1, 0.15) is 26.7 Å². The normalized spacial score (nSPS) is 18.0. The van der Waals surface area contributed by atoms with E-state index in [2.05, 4.69) is 0 Å². The standard InChI is InChI=1S/C6H15NO/c1-3-5(7)6(8)4-2/h5-6,8H,3-4,7H2,1-2H3/t5-,6-/m0/s1. The lowest BCUT2D eigenvalue weighted by atomic mass is 10.1. The number of hydrogen-bond acceptors (Lipinski definition) is 2. The van der Waals surface area contributed by atoms with Gasteiger partial charge in [-0.2, -0.15) is 0 Å². The van der Waals surface area contributed by atoms with Crippen LogP contribution in [0.4, 0.5) is 0 Å². The van der Waals surface area contributed by atoms with E-state index < -0.39 is 0 Å². The average Bonchev–Trinajstić information content (AvgIpc) is 1.84. The van der Waals surface area contributed by atoms with E-state index in [0.717, 1.165) is 12.8 Å². The summed E-state index contributed by atoms with van der Waals surface area (Å²) in [5.74, 6) is 0. The van der Waals surface area contributed by atoms with E-state index >= 15 is 0 Å². The smallest absolute Gasteiger partial charge is 0.0688 e. The average molecular weight is 117 g/mol. The van der Waals surface area contributed by atoms with Crippen molar-refractivity contribution in [2.75, 3.05) is 0 Å². The summed E-state index contributed by atoms with van der Waals surface area (Å²) in [5.41, 5.74) is 5.48. The molecule has 0 rings (SSSR count). The van der Waals surface area contributed by atoms with Crippen LogP contribution in [0, 0.1) is 0 Å². The van der Waals surface area contributed by atoms with Crippen molar-refractivity contribution in [2.45, 2.75) is 38.8 Å². The minimum atomic E-state index is -0.306. The van der Waals surface area contributed by atoms with Crippen LogP contribution >= 0.6 is 0 Å². The molecule has 3 N–H and O–H groups in total. The molecular weight excluding hydrogens is 102 g/mol. The first-order chi connectivity index (χ1) is 3.72. The highest BCUT2D eigenvalue weighted by molar-refractivity contribution is 4.67. The number of aliphatic hydroxyl groups excluding tert-OH is 1. The van der Waals surface area contributed by atoms with Gasteiger partial charge in [0.1, 0.15) is 0 Å². The van der Waals surface area contributed by atoms with Gasteiger partial charge in [0.25, 0.3) is 0 Å². The van der Waals surface area contributed by atoms with Crippen molar-refractivity contribution in [3.8, 4) is 0 Å². The van der Waals surface area contributed by atoms with Crippen LogP contribution < -0.4 is 5.73 Å². The molecule has 0 saturated carbocycles. The van der Waals surface area contributed by atoms with Crippen LogP contribution in [0.15, 0.2) is 0 Å². The van der Waals surface area contributed by atoms with Gasteiger partial charge in [-0.3, -0.25) is 0 Å². The number of nitrogens with two attached hydrogens (primary N) is 1. The molecule has 0 aliphatic rings. The molecule has 0 spiro atoms. The molecule has 2 heteroatoms. The highest BCUT2D eigenvalue weighted by Gasteiger charge is 2.08. The van der Waals surface area contributed by atoms with Crippen molar-refractivity contribution in [3.63, 3.8) is 0 Å². The molecule has 0 heterocycles. The van der Waals surface area contributed by atoms with Gasteiger partial charge in [0.05, 0.1) is 6.10 Å². The summed E-state index contributed by atoms with van der Waals surface area (Å²) in [6.45, 7) is 3.91. The molecule has 0 fully saturated rings. The van der Waals surface area contributed by atoms with Crippen LogP contribution in [0.3, 0.4) is 0 Å². The monoisotopic (exact) mass is 117 g/mol. The summed E-state index contributed by atoms with van der Waals surface area (Å²) >= 11 is 0. The molecule has 2 atom stereocenters. The zero-order valence-corrected chi connectivity index (χ0v) is 5.59. The topological polar surface area (TPSA) is 46.2 Å². The van der Waals surface area contributed by atoms with Gasteiger partial charge in [-0.25, -0.2) is 0 Å². The van der Waals surface area contributed by atoms with Crippen molar-refractivity contribution in [2.24, 2.45) is 5.73 Å². The lowest BCUT2D eigenvalue weighted by Gasteiger charge is -2.13. The summed E-state index contributed by atoms with van der Waals surface area (Å²) in [6.07, 6.45) is 1.31. The highest BCUT2D eigenvalue weighted by atomic mass is 16.3. The second-order valence-electron chi connectivity index (χ2n) is 2.05. The van der Waals surface area contributed by atoms with Crippen LogP contribution in [-0.2, 0) is 0 Å². The van der Waals surface area contributed by atoms with Gasteiger partial charge in [-0.15, -0.1) is 0 Å². The first-order valence-electron chi connectivity index (χ1n) is 3.16. The predicted molar refractivity (Wildman–Crippen MR) is 34.6 cm³/mol. The fraction of sp³-hybridized carbons (Fsp3) is 1.00. The number of hydrogen-bond donors (Lipinski definition) is 2. The van der Waals surface area contributed by atoms with Crippen molar-refractivity contribution in [1.82, 2.24) is 0 Å². The summed E-state index contributed by atoms with van der Waals surface area (Å²) in [5, 5.41) is 9.00. The number of aliphatic hydroxyl groups is 1. The van der Waals surface area contributed by atoms with Gasteiger partial charge < -0.3 is 10.8 Å². The first-order valence-corrected chi connectivity index (χ1v) is 3.16. The van der Waals surface area contributed by atoms with Crippen molar-refractivity contribution in [1.29, 1.82) is 0 Å². The second-order valence-corrected chi connectivity index (χ2v) is 2.05. The van der Waals surface area contributed by atoms with Crippen LogP contribution in [-0.4, -0.2) is 17.3 Å². The third-order valence-corrected chi connectivity index (χ3v) is 1.38. The van der Waals surface area contributed by atoms with E-state index in [-0.39, 0.29) is 12.1 Å². The maximum atomic E-state index is 9.00. The minimum Gasteiger partial charge on any atom is -0.392 e. The molecule has 0 radical (unpaired) electrons. The highest BCUT2D eigenvalue weighted by Crippen LogP contribution is 1.97. The SMILES string of the molecule is CC[C@H](N)[C@@H](O)CC. The van der Waals surface area contributed by atoms with Crippen LogP contribution in [0.2, 0.25) is 0 Å². The van der Waals surface area contributed by atoms with Gasteiger partial charge in [0.15, 0.2) is 0 Å². The van der Waals surface area contributed by atoms with E-state index in [0.29, 0.717) is 0 Å². The molecule has 0 bridgehead atoms. The molecule has 0 aliphatic carbocycles. The third kappa shape index (κ3) is 2.28. The zero-order chi connectivity index (χ0) is 6.57. The third-order valence-electron chi connectivity index (χ3n) is 1.38. The molecule has 0 aromatic rings.